The number of halogens is 1. The first-order valence-electron chi connectivity index (χ1n) is 6.19. The first-order chi connectivity index (χ1) is 9.60. The Morgan fingerprint density at radius 3 is 2.85 bits per heavy atom. The van der Waals surface area contributed by atoms with Gasteiger partial charge in [-0.1, -0.05) is 6.92 Å². The molecule has 1 aromatic carbocycles. The minimum atomic E-state index is -0.628. The van der Waals surface area contributed by atoms with E-state index in [1.54, 1.807) is 0 Å². The van der Waals surface area contributed by atoms with Crippen LogP contribution >= 0.6 is 11.3 Å². The van der Waals surface area contributed by atoms with Crippen LogP contribution in [0.1, 0.15) is 28.0 Å². The molecule has 2 heterocycles. The van der Waals surface area contributed by atoms with E-state index in [0.29, 0.717) is 11.4 Å². The van der Waals surface area contributed by atoms with Crippen molar-refractivity contribution in [2.24, 2.45) is 0 Å². The van der Waals surface area contributed by atoms with Gasteiger partial charge in [0, 0.05) is 5.38 Å². The van der Waals surface area contributed by atoms with Crippen LogP contribution in [0.15, 0.2) is 23.6 Å². The molecule has 0 saturated carbocycles. The Hall–Kier alpha value is -2.08. The zero-order valence-corrected chi connectivity index (χ0v) is 11.5. The van der Waals surface area contributed by atoms with E-state index in [1.165, 1.54) is 34.4 Å². The van der Waals surface area contributed by atoms with Crippen molar-refractivity contribution in [3.63, 3.8) is 0 Å². The zero-order valence-electron chi connectivity index (χ0n) is 10.7. The van der Waals surface area contributed by atoms with Crippen molar-refractivity contribution >= 4 is 28.7 Å². The monoisotopic (exact) mass is 290 g/mol. The highest BCUT2D eigenvalue weighted by Gasteiger charge is 2.36. The molecule has 1 aliphatic rings. The lowest BCUT2D eigenvalue weighted by atomic mass is 10.1. The minimum absolute atomic E-state index is 0.192. The first kappa shape index (κ1) is 12.9. The summed E-state index contributed by atoms with van der Waals surface area (Å²) in [5.74, 6) is -1.69. The van der Waals surface area contributed by atoms with Gasteiger partial charge in [-0.2, -0.15) is 0 Å². The van der Waals surface area contributed by atoms with Crippen LogP contribution in [-0.2, 0) is 17.8 Å². The Kier molecular flexibility index (Phi) is 3.10. The average Bonchev–Trinajstić information content (AvgIpc) is 2.98. The summed E-state index contributed by atoms with van der Waals surface area (Å²) in [5.41, 5.74) is 1.29. The number of aryl methyl sites for hydroxylation is 1. The number of carbonyl (C=O) groups is 2. The first-order valence-corrected chi connectivity index (χ1v) is 7.07. The molecule has 1 amide bonds. The third-order valence-corrected chi connectivity index (χ3v) is 4.20. The Bertz CT molecular complexity index is 711. The van der Waals surface area contributed by atoms with Crippen molar-refractivity contribution in [3.8, 4) is 0 Å². The van der Waals surface area contributed by atoms with E-state index in [-0.39, 0.29) is 12.1 Å². The summed E-state index contributed by atoms with van der Waals surface area (Å²) in [6.07, 6.45) is 0.822. The van der Waals surface area contributed by atoms with Crippen LogP contribution in [0.5, 0.6) is 0 Å². The third kappa shape index (κ3) is 2.02. The molecule has 6 heteroatoms. The van der Waals surface area contributed by atoms with E-state index in [9.17, 15) is 14.0 Å². The second kappa shape index (κ2) is 4.79. The maximum atomic E-state index is 13.3. The molecule has 3 rings (SSSR count). The SMILES string of the molecule is CCc1nc(CN2C(=O)C(=O)c3ccc(F)cc32)cs1. The molecule has 0 atom stereocenters. The number of anilines is 1. The topological polar surface area (TPSA) is 50.3 Å². The predicted octanol–water partition coefficient (Wildman–Crippen LogP) is 2.57. The number of fused-ring (bicyclic) bond motifs is 1. The predicted molar refractivity (Wildman–Crippen MR) is 73.4 cm³/mol. The van der Waals surface area contributed by atoms with Crippen LogP contribution in [0, 0.1) is 5.82 Å². The summed E-state index contributed by atoms with van der Waals surface area (Å²) < 4.78 is 13.3. The van der Waals surface area contributed by atoms with Gasteiger partial charge in [-0.15, -0.1) is 11.3 Å². The minimum Gasteiger partial charge on any atom is -0.299 e. The molecule has 0 unspecified atom stereocenters. The molecule has 2 aromatic rings. The van der Waals surface area contributed by atoms with Crippen molar-refractivity contribution in [2.45, 2.75) is 19.9 Å². The van der Waals surface area contributed by atoms with Gasteiger partial charge in [0.25, 0.3) is 11.7 Å². The molecule has 102 valence electrons. The highest BCUT2D eigenvalue weighted by molar-refractivity contribution is 7.09. The zero-order chi connectivity index (χ0) is 14.3. The summed E-state index contributed by atoms with van der Waals surface area (Å²) >= 11 is 1.51. The highest BCUT2D eigenvalue weighted by atomic mass is 32.1. The summed E-state index contributed by atoms with van der Waals surface area (Å²) in [6.45, 7) is 2.19. The molecule has 0 radical (unpaired) electrons. The van der Waals surface area contributed by atoms with Gasteiger partial charge in [0.2, 0.25) is 0 Å². The molecule has 1 aliphatic heterocycles. The van der Waals surface area contributed by atoms with Crippen molar-refractivity contribution in [2.75, 3.05) is 4.90 Å². The van der Waals surface area contributed by atoms with Gasteiger partial charge in [-0.05, 0) is 24.6 Å². The standard InChI is InChI=1S/C14H11FN2O2S/c1-2-12-16-9(7-20-12)6-17-11-5-8(15)3-4-10(11)13(18)14(17)19/h3-5,7H,2,6H2,1H3. The number of ketones is 1. The number of hydrogen-bond acceptors (Lipinski definition) is 4. The van der Waals surface area contributed by atoms with E-state index < -0.39 is 17.5 Å². The van der Waals surface area contributed by atoms with Crippen LogP contribution in [0.2, 0.25) is 0 Å². The van der Waals surface area contributed by atoms with Crippen LogP contribution in [0.4, 0.5) is 10.1 Å². The molecule has 20 heavy (non-hydrogen) atoms. The molecule has 0 N–H and O–H groups in total. The molecular weight excluding hydrogens is 279 g/mol. The number of benzene rings is 1. The molecule has 0 saturated heterocycles. The number of carbonyl (C=O) groups excluding carboxylic acids is 2. The quantitative estimate of drug-likeness (QED) is 0.816. The largest absolute Gasteiger partial charge is 0.299 e. The normalized spacial score (nSPS) is 14.0. The number of nitrogens with zero attached hydrogens (tertiary/aromatic N) is 2. The van der Waals surface area contributed by atoms with Gasteiger partial charge in [-0.3, -0.25) is 14.5 Å². The second-order valence-corrected chi connectivity index (χ2v) is 5.41. The number of aromatic nitrogens is 1. The number of thiazole rings is 1. The molecule has 0 bridgehead atoms. The Balaban J connectivity index is 1.96. The fraction of sp³-hybridized carbons (Fsp3) is 0.214. The fourth-order valence-electron chi connectivity index (χ4n) is 2.17. The number of Topliss-reactive ketones (excluding diaryl/α,β-unsaturated/α-hetero) is 1. The molecule has 0 aliphatic carbocycles. The van der Waals surface area contributed by atoms with Crippen molar-refractivity contribution in [3.05, 3.63) is 45.7 Å². The van der Waals surface area contributed by atoms with E-state index in [2.05, 4.69) is 4.98 Å². The highest BCUT2D eigenvalue weighted by Crippen LogP contribution is 2.31. The lowest BCUT2D eigenvalue weighted by molar-refractivity contribution is -0.114. The number of hydrogen-bond donors (Lipinski definition) is 0. The smallest absolute Gasteiger partial charge is 0.299 e. The molecule has 0 fully saturated rings. The van der Waals surface area contributed by atoms with E-state index in [4.69, 9.17) is 0 Å². The average molecular weight is 290 g/mol. The molecular formula is C14H11FN2O2S. The van der Waals surface area contributed by atoms with Crippen LogP contribution in [0.25, 0.3) is 0 Å². The van der Waals surface area contributed by atoms with Gasteiger partial charge >= 0.3 is 0 Å². The Morgan fingerprint density at radius 2 is 2.15 bits per heavy atom. The Labute approximate surface area is 118 Å². The second-order valence-electron chi connectivity index (χ2n) is 4.47. The summed E-state index contributed by atoms with van der Waals surface area (Å²) in [5, 5.41) is 2.82. The maximum absolute atomic E-state index is 13.3. The van der Waals surface area contributed by atoms with Crippen LogP contribution in [-0.4, -0.2) is 16.7 Å². The molecule has 1 aromatic heterocycles. The lowest BCUT2D eigenvalue weighted by Gasteiger charge is -2.14. The van der Waals surface area contributed by atoms with Crippen LogP contribution in [0.3, 0.4) is 0 Å². The molecule has 4 nitrogen and oxygen atoms in total. The van der Waals surface area contributed by atoms with Gasteiger partial charge in [0.1, 0.15) is 5.82 Å². The van der Waals surface area contributed by atoms with Crippen molar-refractivity contribution < 1.29 is 14.0 Å². The number of amides is 1. The summed E-state index contributed by atoms with van der Waals surface area (Å²) in [4.78, 5) is 29.5. The van der Waals surface area contributed by atoms with Gasteiger partial charge in [-0.25, -0.2) is 9.37 Å². The maximum Gasteiger partial charge on any atom is 0.299 e. The van der Waals surface area contributed by atoms with Gasteiger partial charge < -0.3 is 0 Å². The van der Waals surface area contributed by atoms with Crippen LogP contribution < -0.4 is 4.90 Å². The van der Waals surface area contributed by atoms with Crippen molar-refractivity contribution in [1.29, 1.82) is 0 Å². The van der Waals surface area contributed by atoms with Gasteiger partial charge in [0.15, 0.2) is 0 Å². The number of rotatable bonds is 3. The van der Waals surface area contributed by atoms with Gasteiger partial charge in [0.05, 0.1) is 28.5 Å². The summed E-state index contributed by atoms with van der Waals surface area (Å²) in [7, 11) is 0. The third-order valence-electron chi connectivity index (χ3n) is 3.16. The van der Waals surface area contributed by atoms with E-state index in [0.717, 1.165) is 11.4 Å². The van der Waals surface area contributed by atoms with E-state index >= 15 is 0 Å². The lowest BCUT2D eigenvalue weighted by Crippen LogP contribution is -2.29. The Morgan fingerprint density at radius 1 is 1.35 bits per heavy atom. The van der Waals surface area contributed by atoms with E-state index in [1.807, 2.05) is 12.3 Å². The molecule has 0 spiro atoms. The van der Waals surface area contributed by atoms with Crippen molar-refractivity contribution in [1.82, 2.24) is 4.98 Å². The summed E-state index contributed by atoms with van der Waals surface area (Å²) in [6, 6.07) is 3.75. The fourth-order valence-corrected chi connectivity index (χ4v) is 2.91.